The minimum atomic E-state index is 0.263. The van der Waals surface area contributed by atoms with E-state index in [1.165, 1.54) is 0 Å². The zero-order valence-corrected chi connectivity index (χ0v) is 11.1. The molecule has 3 rings (SSSR count). The van der Waals surface area contributed by atoms with Gasteiger partial charge in [0.15, 0.2) is 0 Å². The molecule has 0 saturated carbocycles. The molecule has 2 heterocycles. The van der Waals surface area contributed by atoms with Crippen LogP contribution in [0.5, 0.6) is 0 Å². The summed E-state index contributed by atoms with van der Waals surface area (Å²) in [6.45, 7) is 4.99. The summed E-state index contributed by atoms with van der Waals surface area (Å²) in [4.78, 5) is 0. The maximum absolute atomic E-state index is 5.56. The van der Waals surface area contributed by atoms with E-state index in [-0.39, 0.29) is 6.10 Å². The van der Waals surface area contributed by atoms with E-state index in [4.69, 9.17) is 4.74 Å². The molecule has 0 spiro atoms. The maximum atomic E-state index is 5.56. The molecule has 6 nitrogen and oxygen atoms in total. The van der Waals surface area contributed by atoms with Gasteiger partial charge in [0.05, 0.1) is 17.8 Å². The van der Waals surface area contributed by atoms with Crippen LogP contribution in [0, 0.1) is 6.92 Å². The second-order valence-electron chi connectivity index (χ2n) is 4.87. The van der Waals surface area contributed by atoms with Crippen molar-refractivity contribution in [1.82, 2.24) is 20.2 Å². The number of rotatable bonds is 3. The molecule has 0 amide bonds. The minimum Gasteiger partial charge on any atom is -0.380 e. The van der Waals surface area contributed by atoms with E-state index < -0.39 is 0 Å². The van der Waals surface area contributed by atoms with Crippen LogP contribution in [0.1, 0.15) is 18.9 Å². The van der Waals surface area contributed by atoms with Gasteiger partial charge in [-0.3, -0.25) is 0 Å². The second-order valence-corrected chi connectivity index (χ2v) is 4.87. The Balaban J connectivity index is 1.79. The molecule has 1 aromatic heterocycles. The van der Waals surface area contributed by atoms with Gasteiger partial charge in [-0.05, 0) is 54.5 Å². The monoisotopic (exact) mass is 259 g/mol. The van der Waals surface area contributed by atoms with Gasteiger partial charge in [-0.1, -0.05) is 0 Å². The zero-order chi connectivity index (χ0) is 13.2. The molecule has 6 heteroatoms. The molecule has 1 N–H and O–H groups in total. The lowest BCUT2D eigenvalue weighted by molar-refractivity contribution is 0.121. The highest BCUT2D eigenvalue weighted by molar-refractivity contribution is 5.53. The molecular formula is C13H17N5O. The fourth-order valence-electron chi connectivity index (χ4n) is 2.41. The van der Waals surface area contributed by atoms with Gasteiger partial charge in [0.1, 0.15) is 6.33 Å². The fourth-order valence-corrected chi connectivity index (χ4v) is 2.41. The Bertz CT molecular complexity index is 554. The number of nitrogens with one attached hydrogen (secondary N) is 1. The number of tetrazole rings is 1. The lowest BCUT2D eigenvalue weighted by Crippen LogP contribution is -2.26. The van der Waals surface area contributed by atoms with Crippen LogP contribution in [0.2, 0.25) is 0 Å². The average molecular weight is 259 g/mol. The number of anilines is 1. The highest BCUT2D eigenvalue weighted by atomic mass is 16.5. The van der Waals surface area contributed by atoms with E-state index in [0.717, 1.165) is 30.0 Å². The Hall–Kier alpha value is -1.95. The molecular weight excluding hydrogens is 242 g/mol. The van der Waals surface area contributed by atoms with Gasteiger partial charge >= 0.3 is 0 Å². The molecule has 1 saturated heterocycles. The first kappa shape index (κ1) is 12.1. The first-order valence-electron chi connectivity index (χ1n) is 6.46. The van der Waals surface area contributed by atoms with Gasteiger partial charge in [0.25, 0.3) is 0 Å². The van der Waals surface area contributed by atoms with Crippen LogP contribution in [0.4, 0.5) is 5.69 Å². The summed E-state index contributed by atoms with van der Waals surface area (Å²) in [6.07, 6.45) is 2.91. The zero-order valence-electron chi connectivity index (χ0n) is 11.1. The first-order chi connectivity index (χ1) is 9.24. The molecule has 2 unspecified atom stereocenters. The van der Waals surface area contributed by atoms with Gasteiger partial charge in [-0.2, -0.15) is 0 Å². The van der Waals surface area contributed by atoms with E-state index >= 15 is 0 Å². The molecule has 1 aliphatic heterocycles. The van der Waals surface area contributed by atoms with Gasteiger partial charge in [-0.25, -0.2) is 4.68 Å². The van der Waals surface area contributed by atoms with E-state index in [1.54, 1.807) is 11.0 Å². The Labute approximate surface area is 111 Å². The number of hydrogen-bond donors (Lipinski definition) is 1. The smallest absolute Gasteiger partial charge is 0.143 e. The predicted molar refractivity (Wildman–Crippen MR) is 71.3 cm³/mol. The number of nitrogens with zero attached hydrogens (tertiary/aromatic N) is 4. The van der Waals surface area contributed by atoms with Crippen molar-refractivity contribution < 1.29 is 4.74 Å². The summed E-state index contributed by atoms with van der Waals surface area (Å²) >= 11 is 0. The van der Waals surface area contributed by atoms with Crippen molar-refractivity contribution >= 4 is 5.69 Å². The third-order valence-corrected chi connectivity index (χ3v) is 3.52. The molecule has 2 atom stereocenters. The van der Waals surface area contributed by atoms with Crippen LogP contribution in [-0.2, 0) is 4.74 Å². The number of aromatic nitrogens is 4. The van der Waals surface area contributed by atoms with Crippen LogP contribution in [0.25, 0.3) is 5.69 Å². The van der Waals surface area contributed by atoms with Crippen LogP contribution in [0.15, 0.2) is 24.5 Å². The van der Waals surface area contributed by atoms with Crippen LogP contribution in [0.3, 0.4) is 0 Å². The second kappa shape index (κ2) is 4.97. The van der Waals surface area contributed by atoms with Crippen molar-refractivity contribution in [3.05, 3.63) is 30.1 Å². The number of hydrogen-bond acceptors (Lipinski definition) is 5. The van der Waals surface area contributed by atoms with Gasteiger partial charge in [0.2, 0.25) is 0 Å². The molecule has 0 radical (unpaired) electrons. The Morgan fingerprint density at radius 3 is 2.95 bits per heavy atom. The standard InChI is InChI=1S/C13H17N5O/c1-9-7-11(15-12-5-6-19-10(12)2)3-4-13(9)18-8-14-16-17-18/h3-4,7-8,10,12,15H,5-6H2,1-2H3. The van der Waals surface area contributed by atoms with Crippen molar-refractivity contribution in [2.75, 3.05) is 11.9 Å². The van der Waals surface area contributed by atoms with Crippen molar-refractivity contribution in [3.8, 4) is 5.69 Å². The number of ether oxygens (including phenoxy) is 1. The molecule has 1 aliphatic rings. The molecule has 19 heavy (non-hydrogen) atoms. The van der Waals surface area contributed by atoms with E-state index in [2.05, 4.69) is 46.8 Å². The van der Waals surface area contributed by atoms with Crippen molar-refractivity contribution in [1.29, 1.82) is 0 Å². The molecule has 2 aromatic rings. The third kappa shape index (κ3) is 2.44. The molecule has 0 aliphatic carbocycles. The third-order valence-electron chi connectivity index (χ3n) is 3.52. The van der Waals surface area contributed by atoms with Crippen LogP contribution >= 0.6 is 0 Å². The fraction of sp³-hybridized carbons (Fsp3) is 0.462. The van der Waals surface area contributed by atoms with Gasteiger partial charge in [-0.15, -0.1) is 5.10 Å². The summed E-state index contributed by atoms with van der Waals surface area (Å²) < 4.78 is 7.22. The van der Waals surface area contributed by atoms with Crippen molar-refractivity contribution in [2.24, 2.45) is 0 Å². The Morgan fingerprint density at radius 1 is 1.42 bits per heavy atom. The van der Waals surface area contributed by atoms with E-state index in [9.17, 15) is 0 Å². The average Bonchev–Trinajstić information content (AvgIpc) is 3.02. The van der Waals surface area contributed by atoms with Gasteiger partial charge in [0, 0.05) is 12.3 Å². The largest absolute Gasteiger partial charge is 0.380 e. The lowest BCUT2D eigenvalue weighted by atomic mass is 10.1. The topological polar surface area (TPSA) is 64.9 Å². The Kier molecular flexibility index (Phi) is 3.16. The van der Waals surface area contributed by atoms with E-state index in [1.807, 2.05) is 6.07 Å². The maximum Gasteiger partial charge on any atom is 0.143 e. The minimum absolute atomic E-state index is 0.263. The highest BCUT2D eigenvalue weighted by Crippen LogP contribution is 2.22. The molecule has 1 fully saturated rings. The molecule has 0 bridgehead atoms. The molecule has 1 aromatic carbocycles. The van der Waals surface area contributed by atoms with Crippen LogP contribution in [-0.4, -0.2) is 39.0 Å². The van der Waals surface area contributed by atoms with Crippen LogP contribution < -0.4 is 5.32 Å². The number of aryl methyl sites for hydroxylation is 1. The normalized spacial score (nSPS) is 22.6. The lowest BCUT2D eigenvalue weighted by Gasteiger charge is -2.18. The summed E-state index contributed by atoms with van der Waals surface area (Å²) in [5, 5.41) is 14.7. The first-order valence-corrected chi connectivity index (χ1v) is 6.46. The summed E-state index contributed by atoms with van der Waals surface area (Å²) in [5.74, 6) is 0. The Morgan fingerprint density at radius 2 is 2.32 bits per heavy atom. The highest BCUT2D eigenvalue weighted by Gasteiger charge is 2.23. The summed E-state index contributed by atoms with van der Waals surface area (Å²) in [6, 6.07) is 6.57. The SMILES string of the molecule is Cc1cc(NC2CCOC2C)ccc1-n1cnnn1. The van der Waals surface area contributed by atoms with Crippen molar-refractivity contribution in [3.63, 3.8) is 0 Å². The quantitative estimate of drug-likeness (QED) is 0.906. The predicted octanol–water partition coefficient (Wildman–Crippen LogP) is 1.56. The molecule has 100 valence electrons. The van der Waals surface area contributed by atoms with Gasteiger partial charge < -0.3 is 10.1 Å². The summed E-state index contributed by atoms with van der Waals surface area (Å²) in [7, 11) is 0. The number of benzene rings is 1. The van der Waals surface area contributed by atoms with E-state index in [0.29, 0.717) is 6.04 Å². The summed E-state index contributed by atoms with van der Waals surface area (Å²) in [5.41, 5.74) is 3.23. The van der Waals surface area contributed by atoms with Crippen molar-refractivity contribution in [2.45, 2.75) is 32.4 Å².